The van der Waals surface area contributed by atoms with Crippen molar-refractivity contribution in [3.05, 3.63) is 0 Å². The summed E-state index contributed by atoms with van der Waals surface area (Å²) in [7, 11) is 0.496. The quantitative estimate of drug-likeness (QED) is 0.711. The van der Waals surface area contributed by atoms with Crippen molar-refractivity contribution >= 4 is 14.2 Å². The smallest absolute Gasteiger partial charge is 0.409 e. The van der Waals surface area contributed by atoms with Gasteiger partial charge in [-0.2, -0.15) is 0 Å². The van der Waals surface area contributed by atoms with Crippen molar-refractivity contribution in [2.75, 3.05) is 26.8 Å². The third kappa shape index (κ3) is 6.91. The maximum absolute atomic E-state index is 11.2. The Morgan fingerprint density at radius 1 is 1.43 bits per heavy atom. The summed E-state index contributed by atoms with van der Waals surface area (Å²) in [5.41, 5.74) is 0. The van der Waals surface area contributed by atoms with Gasteiger partial charge in [0, 0.05) is 21.7 Å². The second-order valence-corrected chi connectivity index (χ2v) is 10.2. The molecular weight excluding hydrogens is 198 g/mol. The molecule has 0 aromatic carbocycles. The minimum atomic E-state index is -1.12. The van der Waals surface area contributed by atoms with Crippen molar-refractivity contribution in [2.24, 2.45) is 0 Å². The normalized spacial score (nSPS) is 11.2. The van der Waals surface area contributed by atoms with E-state index in [2.05, 4.69) is 19.6 Å². The van der Waals surface area contributed by atoms with Crippen molar-refractivity contribution in [1.29, 1.82) is 0 Å². The lowest BCUT2D eigenvalue weighted by molar-refractivity contribution is 0.108. The molecule has 14 heavy (non-hydrogen) atoms. The van der Waals surface area contributed by atoms with Crippen molar-refractivity contribution in [3.8, 4) is 0 Å². The topological polar surface area (TPSA) is 49.8 Å². The molecule has 0 spiro atoms. The Balaban J connectivity index is 3.64. The van der Waals surface area contributed by atoms with E-state index in [1.54, 1.807) is 7.05 Å². The van der Waals surface area contributed by atoms with E-state index in [1.165, 1.54) is 4.90 Å². The summed E-state index contributed by atoms with van der Waals surface area (Å²) in [6.45, 7) is 7.49. The Morgan fingerprint density at radius 2 is 2.00 bits per heavy atom. The second-order valence-electron chi connectivity index (χ2n) is 4.57. The van der Waals surface area contributed by atoms with E-state index >= 15 is 0 Å². The number of rotatable bonds is 5. The number of carbonyl (C=O) groups excluding carboxylic acids is 1. The zero-order valence-corrected chi connectivity index (χ0v) is 10.5. The summed E-state index contributed by atoms with van der Waals surface area (Å²) >= 11 is 0. The van der Waals surface area contributed by atoms with Crippen LogP contribution < -0.4 is 0 Å². The molecule has 0 saturated heterocycles. The lowest BCUT2D eigenvalue weighted by Crippen LogP contribution is -2.31. The van der Waals surface area contributed by atoms with Crippen LogP contribution in [0.25, 0.3) is 0 Å². The molecule has 0 bridgehead atoms. The van der Waals surface area contributed by atoms with Gasteiger partial charge >= 0.3 is 6.09 Å². The zero-order chi connectivity index (χ0) is 11.2. The fourth-order valence-corrected chi connectivity index (χ4v) is 1.51. The summed E-state index contributed by atoms with van der Waals surface area (Å²) in [5, 5.41) is 8.60. The summed E-state index contributed by atoms with van der Waals surface area (Å²) in [4.78, 5) is 12.6. The maximum Gasteiger partial charge on any atom is 0.409 e. The molecule has 84 valence electrons. The van der Waals surface area contributed by atoms with Gasteiger partial charge in [-0.3, -0.25) is 0 Å². The number of carbonyl (C=O) groups is 1. The van der Waals surface area contributed by atoms with Gasteiger partial charge in [0.1, 0.15) is 0 Å². The van der Waals surface area contributed by atoms with Crippen molar-refractivity contribution in [1.82, 2.24) is 4.90 Å². The van der Waals surface area contributed by atoms with Crippen LogP contribution in [0.2, 0.25) is 25.7 Å². The molecule has 0 fully saturated rings. The van der Waals surface area contributed by atoms with Crippen molar-refractivity contribution in [2.45, 2.75) is 25.7 Å². The number of nitrogens with zero attached hydrogens (tertiary/aromatic N) is 1. The Bertz CT molecular complexity index is 179. The average molecular weight is 219 g/mol. The SMILES string of the molecule is CN(CCO)C(=O)OCC[Si](C)(C)C. The van der Waals surface area contributed by atoms with Gasteiger partial charge in [0.25, 0.3) is 0 Å². The summed E-state index contributed by atoms with van der Waals surface area (Å²) in [5.74, 6) is 0. The van der Waals surface area contributed by atoms with Crippen LogP contribution in [0.3, 0.4) is 0 Å². The first-order valence-electron chi connectivity index (χ1n) is 4.85. The number of ether oxygens (including phenoxy) is 1. The maximum atomic E-state index is 11.2. The molecule has 0 aliphatic carbocycles. The standard InChI is InChI=1S/C9H21NO3Si/c1-10(5-6-11)9(12)13-7-8-14(2,3)4/h11H,5-8H2,1-4H3. The zero-order valence-electron chi connectivity index (χ0n) is 9.54. The molecule has 0 aromatic heterocycles. The number of hydrogen-bond donors (Lipinski definition) is 1. The van der Waals surface area contributed by atoms with Crippen LogP contribution in [0.15, 0.2) is 0 Å². The van der Waals surface area contributed by atoms with E-state index in [4.69, 9.17) is 9.84 Å². The molecular formula is C9H21NO3Si. The molecule has 5 heteroatoms. The van der Waals surface area contributed by atoms with Crippen molar-refractivity contribution < 1.29 is 14.6 Å². The molecule has 0 saturated carbocycles. The molecule has 4 nitrogen and oxygen atoms in total. The van der Waals surface area contributed by atoms with Gasteiger partial charge in [-0.25, -0.2) is 4.79 Å². The van der Waals surface area contributed by atoms with Gasteiger partial charge in [-0.1, -0.05) is 19.6 Å². The monoisotopic (exact) mass is 219 g/mol. The van der Waals surface area contributed by atoms with Gasteiger partial charge in [-0.05, 0) is 6.04 Å². The van der Waals surface area contributed by atoms with E-state index in [-0.39, 0.29) is 12.7 Å². The van der Waals surface area contributed by atoms with Gasteiger partial charge in [0.05, 0.1) is 13.2 Å². The third-order valence-corrected chi connectivity index (χ3v) is 3.53. The number of aliphatic hydroxyl groups is 1. The van der Waals surface area contributed by atoms with Gasteiger partial charge in [-0.15, -0.1) is 0 Å². The minimum Gasteiger partial charge on any atom is -0.450 e. The fourth-order valence-electron chi connectivity index (χ4n) is 0.796. The summed E-state index contributed by atoms with van der Waals surface area (Å²) < 4.78 is 5.04. The van der Waals surface area contributed by atoms with Crippen LogP contribution in [0.4, 0.5) is 4.79 Å². The Labute approximate surface area is 86.9 Å². The number of amides is 1. The van der Waals surface area contributed by atoms with E-state index in [0.717, 1.165) is 6.04 Å². The lowest BCUT2D eigenvalue weighted by atomic mass is 10.6. The largest absolute Gasteiger partial charge is 0.450 e. The van der Waals surface area contributed by atoms with Crippen LogP contribution in [-0.2, 0) is 4.74 Å². The van der Waals surface area contributed by atoms with E-state index < -0.39 is 8.07 Å². The highest BCUT2D eigenvalue weighted by molar-refractivity contribution is 6.76. The summed E-state index contributed by atoms with van der Waals surface area (Å²) in [6, 6.07) is 0.978. The van der Waals surface area contributed by atoms with Crippen LogP contribution >= 0.6 is 0 Å². The van der Waals surface area contributed by atoms with Crippen LogP contribution in [0.5, 0.6) is 0 Å². The Morgan fingerprint density at radius 3 is 2.43 bits per heavy atom. The van der Waals surface area contributed by atoms with E-state index in [0.29, 0.717) is 13.2 Å². The van der Waals surface area contributed by atoms with E-state index in [9.17, 15) is 4.79 Å². The molecule has 0 aliphatic heterocycles. The van der Waals surface area contributed by atoms with Gasteiger partial charge in [0.15, 0.2) is 0 Å². The first-order chi connectivity index (χ1) is 6.37. The van der Waals surface area contributed by atoms with Crippen LogP contribution in [-0.4, -0.2) is 51.0 Å². The second kappa shape index (κ2) is 6.03. The molecule has 0 radical (unpaired) electrons. The molecule has 0 atom stereocenters. The number of aliphatic hydroxyl groups excluding tert-OH is 1. The highest BCUT2D eigenvalue weighted by Crippen LogP contribution is 2.07. The third-order valence-electron chi connectivity index (χ3n) is 1.82. The number of hydrogen-bond acceptors (Lipinski definition) is 3. The molecule has 1 amide bonds. The molecule has 0 aliphatic rings. The van der Waals surface area contributed by atoms with Gasteiger partial charge < -0.3 is 14.7 Å². The highest BCUT2D eigenvalue weighted by atomic mass is 28.3. The number of likely N-dealkylation sites (N-methyl/N-ethyl adjacent to an activating group) is 1. The summed E-state index contributed by atoms with van der Waals surface area (Å²) in [6.07, 6.45) is -0.350. The molecule has 0 unspecified atom stereocenters. The van der Waals surface area contributed by atoms with Crippen molar-refractivity contribution in [3.63, 3.8) is 0 Å². The molecule has 0 rings (SSSR count). The Kier molecular flexibility index (Phi) is 5.79. The lowest BCUT2D eigenvalue weighted by Gasteiger charge is -2.18. The predicted molar refractivity (Wildman–Crippen MR) is 59.2 cm³/mol. The van der Waals surface area contributed by atoms with E-state index in [1.807, 2.05) is 0 Å². The van der Waals surface area contributed by atoms with Crippen LogP contribution in [0, 0.1) is 0 Å². The molecule has 0 aromatic rings. The van der Waals surface area contributed by atoms with Gasteiger partial charge in [0.2, 0.25) is 0 Å². The highest BCUT2D eigenvalue weighted by Gasteiger charge is 2.15. The first kappa shape index (κ1) is 13.4. The van der Waals surface area contributed by atoms with Crippen LogP contribution in [0.1, 0.15) is 0 Å². The fraction of sp³-hybridized carbons (Fsp3) is 0.889. The molecule has 1 N–H and O–H groups in total. The Hall–Kier alpha value is -0.553. The minimum absolute atomic E-state index is 0.0282. The predicted octanol–water partition coefficient (Wildman–Crippen LogP) is 1.39. The average Bonchev–Trinajstić information content (AvgIpc) is 2.02. The molecule has 0 heterocycles. The first-order valence-corrected chi connectivity index (χ1v) is 8.56.